The van der Waals surface area contributed by atoms with E-state index in [1.54, 1.807) is 32.9 Å². The lowest BCUT2D eigenvalue weighted by atomic mass is 9.93. The number of carboxylic acid groups (broad SMARTS) is 1. The Bertz CT molecular complexity index is 672. The molecule has 0 saturated carbocycles. The Hall–Kier alpha value is -2.76. The second-order valence-corrected chi connectivity index (χ2v) is 4.92. The molecule has 0 heterocycles. The second kappa shape index (κ2) is 9.30. The Morgan fingerprint density at radius 2 is 1.83 bits per heavy atom. The minimum atomic E-state index is -0.975. The molecule has 23 heavy (non-hydrogen) atoms. The van der Waals surface area contributed by atoms with Gasteiger partial charge in [0.2, 0.25) is 5.70 Å². The molecule has 0 radical (unpaired) electrons. The van der Waals surface area contributed by atoms with Crippen LogP contribution in [0.25, 0.3) is 5.57 Å². The number of nitrogens with zero attached hydrogens (tertiary/aromatic N) is 1. The van der Waals surface area contributed by atoms with Gasteiger partial charge in [0.15, 0.2) is 0 Å². The Morgan fingerprint density at radius 3 is 2.17 bits per heavy atom. The van der Waals surface area contributed by atoms with E-state index in [4.69, 9.17) is 5.11 Å². The van der Waals surface area contributed by atoms with Gasteiger partial charge in [-0.25, -0.2) is 4.79 Å². The molecule has 0 saturated heterocycles. The van der Waals surface area contributed by atoms with Crippen molar-refractivity contribution in [2.75, 3.05) is 0 Å². The van der Waals surface area contributed by atoms with E-state index in [1.807, 2.05) is 13.0 Å². The number of rotatable bonds is 4. The normalized spacial score (nSPS) is 11.8. The molecule has 0 aliphatic heterocycles. The van der Waals surface area contributed by atoms with Crippen LogP contribution in [0.3, 0.4) is 0 Å². The molecule has 1 aromatic carbocycles. The monoisotopic (exact) mass is 319 g/mol. The maximum atomic E-state index is 11.1. The van der Waals surface area contributed by atoms with Gasteiger partial charge in [-0.15, -0.1) is 0 Å². The minimum absolute atomic E-state index is 0.194. The van der Waals surface area contributed by atoms with Crippen LogP contribution in [0.5, 0.6) is 0 Å². The van der Waals surface area contributed by atoms with Crippen molar-refractivity contribution in [1.29, 1.82) is 0 Å². The second-order valence-electron chi connectivity index (χ2n) is 4.92. The summed E-state index contributed by atoms with van der Waals surface area (Å²) in [7, 11) is 0. The molecule has 0 amide bonds. The van der Waals surface area contributed by atoms with Crippen LogP contribution >= 0.6 is 0 Å². The molecular weight excluding hydrogens is 298 g/mol. The van der Waals surface area contributed by atoms with Gasteiger partial charge < -0.3 is 5.11 Å². The first-order chi connectivity index (χ1) is 10.7. The molecule has 1 aromatic rings. The molecule has 6 nitrogen and oxygen atoms in total. The highest BCUT2D eigenvalue weighted by Gasteiger charge is 2.14. The third kappa shape index (κ3) is 5.86. The van der Waals surface area contributed by atoms with E-state index in [-0.39, 0.29) is 11.3 Å². The van der Waals surface area contributed by atoms with Crippen LogP contribution in [0.1, 0.15) is 49.2 Å². The zero-order valence-corrected chi connectivity index (χ0v) is 13.9. The van der Waals surface area contributed by atoms with Gasteiger partial charge in [-0.05, 0) is 62.1 Å². The lowest BCUT2D eigenvalue weighted by Crippen LogP contribution is -2.04. The Balaban J connectivity index is 0.000000585. The summed E-state index contributed by atoms with van der Waals surface area (Å²) in [5, 5.41) is 18.8. The fourth-order valence-corrected chi connectivity index (χ4v) is 1.73. The van der Waals surface area contributed by atoms with Gasteiger partial charge in [0, 0.05) is 6.92 Å². The maximum absolute atomic E-state index is 11.1. The Kier molecular flexibility index (Phi) is 8.18. The number of carbonyl (C=O) groups excluding carboxylic acids is 1. The van der Waals surface area contributed by atoms with E-state index in [1.165, 1.54) is 13.0 Å². The largest absolute Gasteiger partial charge is 0.478 e. The number of allylic oxidation sites excluding steroid dienone is 4. The summed E-state index contributed by atoms with van der Waals surface area (Å²) in [6, 6.07) is 5.08. The van der Waals surface area contributed by atoms with Crippen molar-refractivity contribution in [2.45, 2.75) is 34.6 Å². The highest BCUT2D eigenvalue weighted by molar-refractivity contribution is 5.98. The van der Waals surface area contributed by atoms with E-state index in [9.17, 15) is 19.7 Å². The Morgan fingerprint density at radius 1 is 1.26 bits per heavy atom. The zero-order valence-electron chi connectivity index (χ0n) is 13.9. The standard InChI is InChI=1S/C13H14O3.C4H7NO2/c1-8-5-4-6-11(13(15)16)12(8)10(3)9(2)7-14;1-3-4(2)5(6)7/h4-7H,1-3H3,(H,15,16);3H,1-2H3/b10-9-;4-3+. The van der Waals surface area contributed by atoms with Crippen molar-refractivity contribution in [1.82, 2.24) is 0 Å². The molecule has 1 rings (SSSR count). The van der Waals surface area contributed by atoms with Gasteiger partial charge in [0.1, 0.15) is 6.29 Å². The molecule has 0 bridgehead atoms. The molecule has 0 aliphatic carbocycles. The molecular formula is C17H21NO5. The number of carboxylic acids is 1. The molecule has 0 fully saturated rings. The molecule has 0 spiro atoms. The summed E-state index contributed by atoms with van der Waals surface area (Å²) in [5.74, 6) is -0.975. The highest BCUT2D eigenvalue weighted by Crippen LogP contribution is 2.25. The number of nitro groups is 1. The first-order valence-electron chi connectivity index (χ1n) is 6.90. The SMILES string of the molecule is C/C(C=O)=C(\C)c1c(C)cccc1C(=O)O.C/C=C(\C)[N+](=O)[O-]. The first kappa shape index (κ1) is 20.2. The molecule has 0 aromatic heterocycles. The van der Waals surface area contributed by atoms with Gasteiger partial charge >= 0.3 is 5.97 Å². The molecule has 0 aliphatic rings. The van der Waals surface area contributed by atoms with Crippen LogP contribution in [0, 0.1) is 17.0 Å². The van der Waals surface area contributed by atoms with E-state index < -0.39 is 10.9 Å². The van der Waals surface area contributed by atoms with Crippen molar-refractivity contribution in [3.05, 3.63) is 62.3 Å². The van der Waals surface area contributed by atoms with E-state index in [0.29, 0.717) is 16.7 Å². The van der Waals surface area contributed by atoms with Crippen molar-refractivity contribution < 1.29 is 19.6 Å². The predicted molar refractivity (Wildman–Crippen MR) is 88.9 cm³/mol. The van der Waals surface area contributed by atoms with Crippen molar-refractivity contribution >= 4 is 17.8 Å². The number of aldehydes is 1. The summed E-state index contributed by atoms with van der Waals surface area (Å²) < 4.78 is 0. The lowest BCUT2D eigenvalue weighted by Gasteiger charge is -2.11. The average molecular weight is 319 g/mol. The number of hydrogen-bond acceptors (Lipinski definition) is 4. The summed E-state index contributed by atoms with van der Waals surface area (Å²) in [5.41, 5.74) is 3.19. The minimum Gasteiger partial charge on any atom is -0.478 e. The van der Waals surface area contributed by atoms with E-state index in [2.05, 4.69) is 0 Å². The third-order valence-corrected chi connectivity index (χ3v) is 3.35. The summed E-state index contributed by atoms with van der Waals surface area (Å²) >= 11 is 0. The molecule has 1 N–H and O–H groups in total. The predicted octanol–water partition coefficient (Wildman–Crippen LogP) is 3.87. The van der Waals surface area contributed by atoms with Gasteiger partial charge in [0.25, 0.3) is 0 Å². The van der Waals surface area contributed by atoms with Gasteiger partial charge in [0.05, 0.1) is 10.5 Å². The van der Waals surface area contributed by atoms with Crippen molar-refractivity contribution in [2.24, 2.45) is 0 Å². The average Bonchev–Trinajstić information content (AvgIpc) is 2.52. The number of benzene rings is 1. The van der Waals surface area contributed by atoms with E-state index in [0.717, 1.165) is 11.8 Å². The summed E-state index contributed by atoms with van der Waals surface area (Å²) in [6.45, 7) is 8.38. The van der Waals surface area contributed by atoms with Crippen LogP contribution < -0.4 is 0 Å². The molecule has 124 valence electrons. The van der Waals surface area contributed by atoms with Crippen molar-refractivity contribution in [3.63, 3.8) is 0 Å². The van der Waals surface area contributed by atoms with Gasteiger partial charge in [-0.1, -0.05) is 12.1 Å². The first-order valence-corrected chi connectivity index (χ1v) is 6.90. The van der Waals surface area contributed by atoms with Gasteiger partial charge in [-0.3, -0.25) is 14.9 Å². The third-order valence-electron chi connectivity index (χ3n) is 3.35. The van der Waals surface area contributed by atoms with Gasteiger partial charge in [-0.2, -0.15) is 0 Å². The van der Waals surface area contributed by atoms with E-state index >= 15 is 0 Å². The van der Waals surface area contributed by atoms with Crippen LogP contribution in [0.2, 0.25) is 0 Å². The van der Waals surface area contributed by atoms with Crippen LogP contribution in [-0.4, -0.2) is 22.3 Å². The number of aryl methyl sites for hydroxylation is 1. The molecule has 6 heteroatoms. The van der Waals surface area contributed by atoms with Crippen LogP contribution in [0.15, 0.2) is 35.5 Å². The lowest BCUT2D eigenvalue weighted by molar-refractivity contribution is -0.424. The fraction of sp³-hybridized carbons (Fsp3) is 0.294. The fourth-order valence-electron chi connectivity index (χ4n) is 1.73. The quantitative estimate of drug-likeness (QED) is 0.393. The number of carbonyl (C=O) groups is 2. The maximum Gasteiger partial charge on any atom is 0.336 e. The Labute approximate surface area is 135 Å². The van der Waals surface area contributed by atoms with Crippen molar-refractivity contribution in [3.8, 4) is 0 Å². The number of hydrogen-bond donors (Lipinski definition) is 1. The number of aromatic carboxylic acids is 1. The highest BCUT2D eigenvalue weighted by atomic mass is 16.6. The summed E-state index contributed by atoms with van der Waals surface area (Å²) in [4.78, 5) is 31.0. The van der Waals surface area contributed by atoms with Crippen LogP contribution in [0.4, 0.5) is 0 Å². The zero-order chi connectivity index (χ0) is 18.2. The summed E-state index contributed by atoms with van der Waals surface area (Å²) in [6.07, 6.45) is 2.20. The van der Waals surface area contributed by atoms with Crippen LogP contribution in [-0.2, 0) is 4.79 Å². The molecule has 0 unspecified atom stereocenters. The molecule has 0 atom stereocenters. The topological polar surface area (TPSA) is 97.5 Å². The smallest absolute Gasteiger partial charge is 0.336 e.